The number of benzene rings is 1. The van der Waals surface area contributed by atoms with Gasteiger partial charge in [0.1, 0.15) is 11.3 Å². The first kappa shape index (κ1) is 22.1. The van der Waals surface area contributed by atoms with Crippen LogP contribution in [0, 0.1) is 6.92 Å². The Balaban J connectivity index is 1.54. The number of aromatic nitrogens is 1. The van der Waals surface area contributed by atoms with Crippen LogP contribution in [0.1, 0.15) is 33.5 Å². The predicted octanol–water partition coefficient (Wildman–Crippen LogP) is 3.80. The van der Waals surface area contributed by atoms with Gasteiger partial charge in [0, 0.05) is 54.2 Å². The van der Waals surface area contributed by atoms with Crippen LogP contribution in [0.25, 0.3) is 0 Å². The molecule has 0 bridgehead atoms. The highest BCUT2D eigenvalue weighted by molar-refractivity contribution is 7.09. The van der Waals surface area contributed by atoms with E-state index in [-0.39, 0.29) is 11.3 Å². The fourth-order valence-electron chi connectivity index (χ4n) is 4.32. The maximum Gasteiger partial charge on any atom is 0.259 e. The SMILES string of the molecule is CCc1c(C(=O)N2CCN(c3ccc(OC)cc3)CC2)c(=O)cc(C)n1Cc1cccs1. The molecule has 2 aromatic heterocycles. The van der Waals surface area contributed by atoms with E-state index in [1.807, 2.05) is 54.5 Å². The molecule has 1 fully saturated rings. The average Bonchev–Trinajstić information content (AvgIpc) is 3.33. The molecule has 3 aromatic rings. The lowest BCUT2D eigenvalue weighted by Crippen LogP contribution is -2.50. The van der Waals surface area contributed by atoms with Gasteiger partial charge in [0.15, 0.2) is 5.43 Å². The molecule has 1 amide bonds. The Hall–Kier alpha value is -3.06. The summed E-state index contributed by atoms with van der Waals surface area (Å²) in [5.41, 5.74) is 2.98. The number of methoxy groups -OCH3 is 1. The highest BCUT2D eigenvalue weighted by Crippen LogP contribution is 2.22. The number of aryl methyl sites for hydroxylation is 1. The van der Waals surface area contributed by atoms with E-state index in [1.54, 1.807) is 24.5 Å². The van der Waals surface area contributed by atoms with Crippen molar-refractivity contribution in [1.82, 2.24) is 9.47 Å². The van der Waals surface area contributed by atoms with E-state index < -0.39 is 0 Å². The third kappa shape index (κ3) is 4.43. The van der Waals surface area contributed by atoms with E-state index in [4.69, 9.17) is 4.74 Å². The normalized spacial score (nSPS) is 14.0. The van der Waals surface area contributed by atoms with Gasteiger partial charge in [0.25, 0.3) is 5.91 Å². The molecule has 0 atom stereocenters. The Morgan fingerprint density at radius 1 is 1.09 bits per heavy atom. The molecule has 1 aliphatic heterocycles. The molecule has 0 saturated carbocycles. The molecule has 1 aromatic carbocycles. The van der Waals surface area contributed by atoms with Crippen molar-refractivity contribution in [2.45, 2.75) is 26.8 Å². The third-order valence-electron chi connectivity index (χ3n) is 6.07. The standard InChI is InChI=1S/C25H29N3O3S/c1-4-22-24(23(29)16-18(2)28(22)17-21-6-5-15-32-21)25(30)27-13-11-26(12-14-27)19-7-9-20(31-3)10-8-19/h5-10,15-16H,4,11-14,17H2,1-3H3. The monoisotopic (exact) mass is 451 g/mol. The molecule has 1 aliphatic rings. The van der Waals surface area contributed by atoms with Crippen LogP contribution in [-0.4, -0.2) is 48.7 Å². The molecule has 1 saturated heterocycles. The van der Waals surface area contributed by atoms with Crippen LogP contribution < -0.4 is 15.1 Å². The van der Waals surface area contributed by atoms with Crippen LogP contribution in [0.2, 0.25) is 0 Å². The summed E-state index contributed by atoms with van der Waals surface area (Å²) in [6, 6.07) is 13.7. The molecule has 7 heteroatoms. The summed E-state index contributed by atoms with van der Waals surface area (Å²) < 4.78 is 7.35. The summed E-state index contributed by atoms with van der Waals surface area (Å²) in [5.74, 6) is 0.675. The molecule has 3 heterocycles. The predicted molar refractivity (Wildman–Crippen MR) is 129 cm³/mol. The first-order chi connectivity index (χ1) is 15.5. The number of anilines is 1. The molecule has 0 spiro atoms. The molecule has 32 heavy (non-hydrogen) atoms. The van der Waals surface area contributed by atoms with Gasteiger partial charge in [-0.25, -0.2) is 0 Å². The van der Waals surface area contributed by atoms with Crippen molar-refractivity contribution in [3.8, 4) is 5.75 Å². The fourth-order valence-corrected chi connectivity index (χ4v) is 5.02. The van der Waals surface area contributed by atoms with Crippen LogP contribution in [0.4, 0.5) is 5.69 Å². The van der Waals surface area contributed by atoms with Gasteiger partial charge in [-0.3, -0.25) is 9.59 Å². The van der Waals surface area contributed by atoms with Gasteiger partial charge < -0.3 is 19.1 Å². The minimum atomic E-state index is -0.177. The largest absolute Gasteiger partial charge is 0.497 e. The summed E-state index contributed by atoms with van der Waals surface area (Å²) >= 11 is 1.68. The molecular formula is C25H29N3O3S. The second-order valence-electron chi connectivity index (χ2n) is 7.97. The Morgan fingerprint density at radius 3 is 2.41 bits per heavy atom. The number of hydrogen-bond acceptors (Lipinski definition) is 5. The van der Waals surface area contributed by atoms with Crippen LogP contribution in [-0.2, 0) is 13.0 Å². The van der Waals surface area contributed by atoms with E-state index in [1.165, 1.54) is 4.88 Å². The number of carbonyl (C=O) groups is 1. The maximum absolute atomic E-state index is 13.5. The molecular weight excluding hydrogens is 422 g/mol. The number of ether oxygens (including phenoxy) is 1. The number of carbonyl (C=O) groups excluding carboxylic acids is 1. The second kappa shape index (κ2) is 9.61. The van der Waals surface area contributed by atoms with E-state index in [0.29, 0.717) is 31.6 Å². The highest BCUT2D eigenvalue weighted by atomic mass is 32.1. The lowest BCUT2D eigenvalue weighted by molar-refractivity contribution is 0.0743. The smallest absolute Gasteiger partial charge is 0.259 e. The number of nitrogens with zero attached hydrogens (tertiary/aromatic N) is 3. The van der Waals surface area contributed by atoms with Crippen molar-refractivity contribution >= 4 is 22.9 Å². The number of rotatable bonds is 6. The molecule has 0 radical (unpaired) electrons. The zero-order valence-electron chi connectivity index (χ0n) is 18.8. The van der Waals surface area contributed by atoms with E-state index >= 15 is 0 Å². The van der Waals surface area contributed by atoms with Gasteiger partial charge in [-0.2, -0.15) is 0 Å². The Bertz CT molecular complexity index is 1130. The summed E-state index contributed by atoms with van der Waals surface area (Å²) in [6.07, 6.45) is 0.634. The third-order valence-corrected chi connectivity index (χ3v) is 6.93. The van der Waals surface area contributed by atoms with Crippen molar-refractivity contribution in [2.75, 3.05) is 38.2 Å². The average molecular weight is 452 g/mol. The highest BCUT2D eigenvalue weighted by Gasteiger charge is 2.27. The minimum Gasteiger partial charge on any atom is -0.497 e. The van der Waals surface area contributed by atoms with E-state index in [0.717, 1.165) is 35.9 Å². The van der Waals surface area contributed by atoms with Crippen LogP contribution in [0.5, 0.6) is 5.75 Å². The zero-order chi connectivity index (χ0) is 22.7. The first-order valence-electron chi connectivity index (χ1n) is 11.0. The van der Waals surface area contributed by atoms with Crippen molar-refractivity contribution in [3.63, 3.8) is 0 Å². The number of thiophene rings is 1. The van der Waals surface area contributed by atoms with Gasteiger partial charge in [-0.15, -0.1) is 11.3 Å². The number of piperazine rings is 1. The van der Waals surface area contributed by atoms with Gasteiger partial charge in [-0.05, 0) is 49.1 Å². The summed E-state index contributed by atoms with van der Waals surface area (Å²) in [5, 5.41) is 2.05. The molecule has 168 valence electrons. The Kier molecular flexibility index (Phi) is 6.65. The number of amides is 1. The quantitative estimate of drug-likeness (QED) is 0.572. The molecule has 6 nitrogen and oxygen atoms in total. The van der Waals surface area contributed by atoms with Crippen LogP contribution >= 0.6 is 11.3 Å². The van der Waals surface area contributed by atoms with Crippen LogP contribution in [0.15, 0.2) is 52.6 Å². The van der Waals surface area contributed by atoms with Gasteiger partial charge in [-0.1, -0.05) is 13.0 Å². The number of hydrogen-bond donors (Lipinski definition) is 0. The fraction of sp³-hybridized carbons (Fsp3) is 0.360. The van der Waals surface area contributed by atoms with E-state index in [9.17, 15) is 9.59 Å². The minimum absolute atomic E-state index is 0.152. The zero-order valence-corrected chi connectivity index (χ0v) is 19.7. The lowest BCUT2D eigenvalue weighted by Gasteiger charge is -2.36. The number of pyridine rings is 1. The van der Waals surface area contributed by atoms with Crippen LogP contribution in [0.3, 0.4) is 0 Å². The Morgan fingerprint density at radius 2 is 1.81 bits per heavy atom. The van der Waals surface area contributed by atoms with Crippen molar-refractivity contribution in [2.24, 2.45) is 0 Å². The molecule has 0 unspecified atom stereocenters. The maximum atomic E-state index is 13.5. The Labute approximate surface area is 192 Å². The first-order valence-corrected chi connectivity index (χ1v) is 11.8. The summed E-state index contributed by atoms with van der Waals surface area (Å²) in [6.45, 7) is 7.27. The van der Waals surface area contributed by atoms with Gasteiger partial charge in [0.2, 0.25) is 0 Å². The van der Waals surface area contributed by atoms with E-state index in [2.05, 4.69) is 15.5 Å². The van der Waals surface area contributed by atoms with Crippen molar-refractivity contribution in [3.05, 3.63) is 79.9 Å². The second-order valence-corrected chi connectivity index (χ2v) is 9.00. The van der Waals surface area contributed by atoms with Crippen molar-refractivity contribution in [1.29, 1.82) is 0 Å². The van der Waals surface area contributed by atoms with Gasteiger partial charge in [0.05, 0.1) is 13.7 Å². The molecule has 4 rings (SSSR count). The molecule has 0 aliphatic carbocycles. The summed E-state index contributed by atoms with van der Waals surface area (Å²) in [7, 11) is 1.66. The topological polar surface area (TPSA) is 54.8 Å². The summed E-state index contributed by atoms with van der Waals surface area (Å²) in [4.78, 5) is 31.7. The lowest BCUT2D eigenvalue weighted by atomic mass is 10.1. The van der Waals surface area contributed by atoms with Crippen molar-refractivity contribution < 1.29 is 9.53 Å². The van der Waals surface area contributed by atoms with Gasteiger partial charge >= 0.3 is 0 Å². The molecule has 0 N–H and O–H groups in total.